The van der Waals surface area contributed by atoms with Gasteiger partial charge in [0.05, 0.1) is 23.4 Å². The number of fused-ring (bicyclic) bond motifs is 1. The van der Waals surface area contributed by atoms with Crippen LogP contribution in [0.15, 0.2) is 30.3 Å². The monoisotopic (exact) mass is 293 g/mol. The van der Waals surface area contributed by atoms with Crippen LogP contribution in [0.1, 0.15) is 17.7 Å². The summed E-state index contributed by atoms with van der Waals surface area (Å²) in [5.74, 6) is -1.62. The number of aromatic nitrogens is 1. The normalized spacial score (nSPS) is 11.7. The Morgan fingerprint density at radius 2 is 2.00 bits per heavy atom. The number of carbonyl (C=O) groups is 1. The second-order valence-electron chi connectivity index (χ2n) is 4.68. The Hall–Kier alpha value is -1.95. The summed E-state index contributed by atoms with van der Waals surface area (Å²) in [4.78, 5) is 14.8. The minimum absolute atomic E-state index is 0.163. The number of hydrogen-bond donors (Lipinski definition) is 1. The van der Waals surface area contributed by atoms with E-state index >= 15 is 0 Å². The first-order valence-corrected chi connectivity index (χ1v) is 7.97. The number of pyridine rings is 1. The standard InChI is InChI=1S/C14H15NO4S/c1-10-8-11(9-20(18,19)7-6-14(16)17)12-4-2-3-5-13(12)15-10/h2-5,8H,6-7,9H2,1H3,(H,16,17). The molecule has 1 aromatic heterocycles. The van der Waals surface area contributed by atoms with Crippen molar-refractivity contribution in [3.05, 3.63) is 41.6 Å². The number of hydrogen-bond acceptors (Lipinski definition) is 4. The van der Waals surface area contributed by atoms with Crippen LogP contribution >= 0.6 is 0 Å². The Morgan fingerprint density at radius 3 is 2.70 bits per heavy atom. The molecule has 5 nitrogen and oxygen atoms in total. The van der Waals surface area contributed by atoms with E-state index in [2.05, 4.69) is 4.98 Å². The molecule has 0 aliphatic carbocycles. The molecule has 0 aliphatic rings. The molecular weight excluding hydrogens is 278 g/mol. The van der Waals surface area contributed by atoms with Gasteiger partial charge < -0.3 is 5.11 Å². The molecule has 0 unspecified atom stereocenters. The Labute approximate surface area is 117 Å². The van der Waals surface area contributed by atoms with Gasteiger partial charge in [0.25, 0.3) is 0 Å². The van der Waals surface area contributed by atoms with Crippen LogP contribution in [-0.4, -0.2) is 30.2 Å². The summed E-state index contributed by atoms with van der Waals surface area (Å²) in [6, 6.07) is 9.06. The molecular formula is C14H15NO4S. The Balaban J connectivity index is 2.36. The number of benzene rings is 1. The number of nitrogens with zero attached hydrogens (tertiary/aromatic N) is 1. The van der Waals surface area contributed by atoms with Crippen LogP contribution in [0.5, 0.6) is 0 Å². The van der Waals surface area contributed by atoms with Crippen LogP contribution in [0.2, 0.25) is 0 Å². The van der Waals surface area contributed by atoms with Gasteiger partial charge in [-0.3, -0.25) is 9.78 Å². The van der Waals surface area contributed by atoms with Crippen LogP contribution in [0, 0.1) is 6.92 Å². The molecule has 0 spiro atoms. The molecule has 0 bridgehead atoms. The average molecular weight is 293 g/mol. The number of carboxylic acids is 1. The zero-order chi connectivity index (χ0) is 14.8. The van der Waals surface area contributed by atoms with Gasteiger partial charge in [-0.1, -0.05) is 18.2 Å². The zero-order valence-corrected chi connectivity index (χ0v) is 11.9. The minimum atomic E-state index is -3.45. The predicted molar refractivity (Wildman–Crippen MR) is 76.2 cm³/mol. The lowest BCUT2D eigenvalue weighted by atomic mass is 10.1. The number of carboxylic acid groups (broad SMARTS) is 1. The largest absolute Gasteiger partial charge is 0.481 e. The number of para-hydroxylation sites is 1. The van der Waals surface area contributed by atoms with Crippen LogP contribution in [0.4, 0.5) is 0 Å². The maximum absolute atomic E-state index is 12.0. The predicted octanol–water partition coefficient (Wildman–Crippen LogP) is 1.93. The molecule has 0 amide bonds. The molecule has 0 radical (unpaired) electrons. The van der Waals surface area contributed by atoms with E-state index in [9.17, 15) is 13.2 Å². The van der Waals surface area contributed by atoms with Crippen molar-refractivity contribution < 1.29 is 18.3 Å². The van der Waals surface area contributed by atoms with Crippen molar-refractivity contribution in [2.75, 3.05) is 5.75 Å². The van der Waals surface area contributed by atoms with E-state index < -0.39 is 15.8 Å². The fourth-order valence-electron chi connectivity index (χ4n) is 2.07. The third-order valence-electron chi connectivity index (χ3n) is 2.93. The summed E-state index contributed by atoms with van der Waals surface area (Å²) in [6.45, 7) is 1.81. The molecule has 2 aromatic rings. The number of aryl methyl sites for hydroxylation is 1. The fourth-order valence-corrected chi connectivity index (χ4v) is 3.41. The molecule has 106 valence electrons. The van der Waals surface area contributed by atoms with Crippen molar-refractivity contribution in [1.29, 1.82) is 0 Å². The van der Waals surface area contributed by atoms with Crippen LogP contribution in [0.3, 0.4) is 0 Å². The first kappa shape index (κ1) is 14.5. The van der Waals surface area contributed by atoms with E-state index in [0.29, 0.717) is 5.56 Å². The lowest BCUT2D eigenvalue weighted by Gasteiger charge is -2.08. The van der Waals surface area contributed by atoms with Crippen LogP contribution in [-0.2, 0) is 20.4 Å². The van der Waals surface area contributed by atoms with E-state index in [1.807, 2.05) is 24.3 Å². The molecule has 20 heavy (non-hydrogen) atoms. The summed E-state index contributed by atoms with van der Waals surface area (Å²) >= 11 is 0. The van der Waals surface area contributed by atoms with Crippen molar-refractivity contribution in [2.45, 2.75) is 19.1 Å². The van der Waals surface area contributed by atoms with E-state index in [4.69, 9.17) is 5.11 Å². The quantitative estimate of drug-likeness (QED) is 0.910. The van der Waals surface area contributed by atoms with Crippen LogP contribution in [0.25, 0.3) is 10.9 Å². The zero-order valence-electron chi connectivity index (χ0n) is 11.0. The molecule has 1 aromatic carbocycles. The van der Waals surface area contributed by atoms with Gasteiger partial charge in [0.15, 0.2) is 9.84 Å². The highest BCUT2D eigenvalue weighted by Gasteiger charge is 2.16. The van der Waals surface area contributed by atoms with E-state index in [1.165, 1.54) is 0 Å². The smallest absolute Gasteiger partial charge is 0.304 e. The Morgan fingerprint density at radius 1 is 1.30 bits per heavy atom. The average Bonchev–Trinajstić information content (AvgIpc) is 2.36. The van der Waals surface area contributed by atoms with Crippen molar-refractivity contribution in [2.24, 2.45) is 0 Å². The van der Waals surface area contributed by atoms with Gasteiger partial charge in [-0.15, -0.1) is 0 Å². The summed E-state index contributed by atoms with van der Waals surface area (Å²) in [5, 5.41) is 9.37. The fraction of sp³-hybridized carbons (Fsp3) is 0.286. The van der Waals surface area contributed by atoms with Gasteiger partial charge in [0, 0.05) is 11.1 Å². The third kappa shape index (κ3) is 3.54. The topological polar surface area (TPSA) is 84.3 Å². The molecule has 6 heteroatoms. The van der Waals surface area contributed by atoms with Crippen molar-refractivity contribution in [3.63, 3.8) is 0 Å². The Kier molecular flexibility index (Phi) is 4.04. The molecule has 0 fully saturated rings. The second-order valence-corrected chi connectivity index (χ2v) is 6.86. The highest BCUT2D eigenvalue weighted by molar-refractivity contribution is 7.90. The van der Waals surface area contributed by atoms with E-state index in [1.54, 1.807) is 13.0 Å². The molecule has 0 saturated carbocycles. The summed E-state index contributed by atoms with van der Waals surface area (Å²) in [5.41, 5.74) is 2.15. The molecule has 2 rings (SSSR count). The van der Waals surface area contributed by atoms with Gasteiger partial charge in [-0.25, -0.2) is 8.42 Å². The molecule has 0 saturated heterocycles. The number of aliphatic carboxylic acids is 1. The summed E-state index contributed by atoms with van der Waals surface area (Å²) < 4.78 is 24.0. The maximum atomic E-state index is 12.0. The highest BCUT2D eigenvalue weighted by Crippen LogP contribution is 2.20. The van der Waals surface area contributed by atoms with Crippen LogP contribution < -0.4 is 0 Å². The number of rotatable bonds is 5. The van der Waals surface area contributed by atoms with Crippen molar-refractivity contribution in [1.82, 2.24) is 4.98 Å². The first-order valence-electron chi connectivity index (χ1n) is 6.15. The van der Waals surface area contributed by atoms with Crippen molar-refractivity contribution >= 4 is 26.7 Å². The Bertz CT molecular complexity index is 753. The van der Waals surface area contributed by atoms with Gasteiger partial charge in [0.2, 0.25) is 0 Å². The van der Waals surface area contributed by atoms with Gasteiger partial charge in [-0.05, 0) is 24.6 Å². The highest BCUT2D eigenvalue weighted by atomic mass is 32.2. The lowest BCUT2D eigenvalue weighted by Crippen LogP contribution is -2.13. The van der Waals surface area contributed by atoms with Gasteiger partial charge in [-0.2, -0.15) is 0 Å². The van der Waals surface area contributed by atoms with Gasteiger partial charge in [0.1, 0.15) is 0 Å². The molecule has 1 N–H and O–H groups in total. The first-order chi connectivity index (χ1) is 9.37. The lowest BCUT2D eigenvalue weighted by molar-refractivity contribution is -0.136. The summed E-state index contributed by atoms with van der Waals surface area (Å²) in [6.07, 6.45) is -0.371. The van der Waals surface area contributed by atoms with E-state index in [0.717, 1.165) is 16.6 Å². The van der Waals surface area contributed by atoms with Gasteiger partial charge >= 0.3 is 5.97 Å². The second kappa shape index (κ2) is 5.58. The SMILES string of the molecule is Cc1cc(CS(=O)(=O)CCC(=O)O)c2ccccc2n1. The number of sulfone groups is 1. The third-order valence-corrected chi connectivity index (χ3v) is 4.51. The molecule has 0 aliphatic heterocycles. The van der Waals surface area contributed by atoms with E-state index in [-0.39, 0.29) is 17.9 Å². The van der Waals surface area contributed by atoms with Crippen molar-refractivity contribution in [3.8, 4) is 0 Å². The summed E-state index contributed by atoms with van der Waals surface area (Å²) in [7, 11) is -3.45. The minimum Gasteiger partial charge on any atom is -0.481 e. The molecule has 1 heterocycles. The maximum Gasteiger partial charge on any atom is 0.304 e. The molecule has 0 atom stereocenters.